The van der Waals surface area contributed by atoms with Crippen molar-refractivity contribution in [3.8, 4) is 18.1 Å². The molecule has 1 aliphatic heterocycles. The highest BCUT2D eigenvalue weighted by atomic mass is 35.5. The van der Waals surface area contributed by atoms with Crippen molar-refractivity contribution in [1.82, 2.24) is 10.2 Å². The summed E-state index contributed by atoms with van der Waals surface area (Å²) < 4.78 is 15.1. The van der Waals surface area contributed by atoms with Gasteiger partial charge in [0.1, 0.15) is 18.1 Å². The molecule has 12 heteroatoms. The molecule has 0 unspecified atom stereocenters. The number of hydrogen-bond donors (Lipinski definition) is 1. The summed E-state index contributed by atoms with van der Waals surface area (Å²) in [5, 5.41) is 13.8. The minimum absolute atomic E-state index is 0.0103. The molecule has 3 rings (SSSR count). The summed E-state index contributed by atoms with van der Waals surface area (Å²) in [5.41, 5.74) is -0.577. The number of urea groups is 1. The second kappa shape index (κ2) is 9.23. The highest BCUT2D eigenvalue weighted by molar-refractivity contribution is 6.31. The Morgan fingerprint density at radius 3 is 2.81 bits per heavy atom. The van der Waals surface area contributed by atoms with Crippen LogP contribution in [0.5, 0.6) is 5.75 Å². The summed E-state index contributed by atoms with van der Waals surface area (Å²) >= 11 is 5.96. The van der Waals surface area contributed by atoms with E-state index in [2.05, 4.69) is 16.0 Å². The molecule has 0 spiro atoms. The molecule has 1 N–H and O–H groups in total. The maximum Gasteiger partial charge on any atom is 0.373 e. The minimum atomic E-state index is -0.764. The van der Waals surface area contributed by atoms with E-state index < -0.39 is 28.5 Å². The Morgan fingerprint density at radius 2 is 2.16 bits per heavy atom. The quantitative estimate of drug-likeness (QED) is 0.166. The number of nitro groups is 1. The SMILES string of the molecule is C#CCOc1c(/C=C2\NC(=O)N(Cc3ccc(C(=O)OC)o3)C2=O)cc(Cl)cc1[N+](=O)[O-]. The van der Waals surface area contributed by atoms with Gasteiger partial charge >= 0.3 is 17.7 Å². The van der Waals surface area contributed by atoms with Crippen LogP contribution in [0.4, 0.5) is 10.5 Å². The number of imide groups is 1. The van der Waals surface area contributed by atoms with Crippen molar-refractivity contribution in [2.45, 2.75) is 6.54 Å². The zero-order valence-electron chi connectivity index (χ0n) is 16.4. The Balaban J connectivity index is 1.92. The van der Waals surface area contributed by atoms with Crippen molar-refractivity contribution in [3.05, 3.63) is 62.2 Å². The van der Waals surface area contributed by atoms with E-state index in [0.717, 1.165) is 11.0 Å². The molecule has 1 fully saturated rings. The van der Waals surface area contributed by atoms with Crippen LogP contribution in [-0.2, 0) is 16.1 Å². The van der Waals surface area contributed by atoms with Crippen LogP contribution in [-0.4, -0.2) is 41.4 Å². The highest BCUT2D eigenvalue weighted by Crippen LogP contribution is 2.36. The molecule has 1 aromatic carbocycles. The van der Waals surface area contributed by atoms with Crippen LogP contribution in [0.15, 0.2) is 34.4 Å². The number of methoxy groups -OCH3 is 1. The van der Waals surface area contributed by atoms with Crippen molar-refractivity contribution in [3.63, 3.8) is 0 Å². The smallest absolute Gasteiger partial charge is 0.373 e. The fraction of sp³-hybridized carbons (Fsp3) is 0.150. The first-order valence-corrected chi connectivity index (χ1v) is 9.18. The molecular weight excluding hydrogens is 446 g/mol. The first-order valence-electron chi connectivity index (χ1n) is 8.81. The van der Waals surface area contributed by atoms with Gasteiger partial charge in [0.25, 0.3) is 5.91 Å². The maximum absolute atomic E-state index is 12.8. The van der Waals surface area contributed by atoms with Crippen molar-refractivity contribution in [2.75, 3.05) is 13.7 Å². The topological polar surface area (TPSA) is 141 Å². The Morgan fingerprint density at radius 1 is 1.41 bits per heavy atom. The predicted molar refractivity (Wildman–Crippen MR) is 110 cm³/mol. The average Bonchev–Trinajstić information content (AvgIpc) is 3.32. The molecule has 164 valence electrons. The van der Waals surface area contributed by atoms with E-state index in [-0.39, 0.29) is 46.7 Å². The maximum atomic E-state index is 12.8. The van der Waals surface area contributed by atoms with Crippen LogP contribution >= 0.6 is 11.6 Å². The summed E-state index contributed by atoms with van der Waals surface area (Å²) in [6.45, 7) is -0.540. The third kappa shape index (κ3) is 4.55. The number of rotatable bonds is 7. The lowest BCUT2D eigenvalue weighted by atomic mass is 10.1. The molecule has 2 heterocycles. The zero-order chi connectivity index (χ0) is 23.4. The number of hydrogen-bond acceptors (Lipinski definition) is 8. The molecule has 2 aromatic rings. The van der Waals surface area contributed by atoms with Crippen molar-refractivity contribution in [1.29, 1.82) is 0 Å². The van der Waals surface area contributed by atoms with E-state index in [9.17, 15) is 24.5 Å². The number of furan rings is 1. The van der Waals surface area contributed by atoms with E-state index in [1.807, 2.05) is 0 Å². The van der Waals surface area contributed by atoms with Crippen molar-refractivity contribution in [2.24, 2.45) is 0 Å². The molecule has 11 nitrogen and oxygen atoms in total. The normalized spacial score (nSPS) is 14.3. The fourth-order valence-electron chi connectivity index (χ4n) is 2.81. The number of nitrogens with one attached hydrogen (secondary N) is 1. The molecular formula is C20H14ClN3O8. The molecule has 0 atom stereocenters. The van der Waals surface area contributed by atoms with Gasteiger partial charge in [-0.05, 0) is 24.3 Å². The number of esters is 1. The summed E-state index contributed by atoms with van der Waals surface area (Å²) in [4.78, 5) is 48.0. The Hall–Kier alpha value is -4.30. The summed E-state index contributed by atoms with van der Waals surface area (Å²) in [7, 11) is 1.18. The van der Waals surface area contributed by atoms with E-state index in [4.69, 9.17) is 27.2 Å². The standard InChI is InChI=1S/C20H14ClN3O8/c1-3-6-31-17-11(7-12(21)9-15(17)24(28)29)8-14-18(25)23(20(27)22-14)10-13-4-5-16(32-13)19(26)30-2/h1,4-5,7-9H,6,10H2,2H3,(H,22,27)/b14-8-. The van der Waals surface area contributed by atoms with Gasteiger partial charge in [0.2, 0.25) is 11.5 Å². The monoisotopic (exact) mass is 459 g/mol. The molecule has 0 saturated carbocycles. The first-order chi connectivity index (χ1) is 15.2. The fourth-order valence-corrected chi connectivity index (χ4v) is 3.03. The molecule has 1 aliphatic rings. The summed E-state index contributed by atoms with van der Waals surface area (Å²) in [6, 6.07) is 4.40. The number of carbonyl (C=O) groups is 3. The average molecular weight is 460 g/mol. The number of terminal acetylenes is 1. The number of halogens is 1. The van der Waals surface area contributed by atoms with Crippen LogP contribution in [0.1, 0.15) is 21.9 Å². The molecule has 0 radical (unpaired) electrons. The molecule has 1 saturated heterocycles. The largest absolute Gasteiger partial charge is 0.473 e. The number of carbonyl (C=O) groups excluding carboxylic acids is 3. The number of amides is 3. The van der Waals surface area contributed by atoms with E-state index in [1.54, 1.807) is 0 Å². The lowest BCUT2D eigenvalue weighted by molar-refractivity contribution is -0.385. The second-order valence-corrected chi connectivity index (χ2v) is 6.67. The van der Waals surface area contributed by atoms with E-state index >= 15 is 0 Å². The zero-order valence-corrected chi connectivity index (χ0v) is 17.2. The summed E-state index contributed by atoms with van der Waals surface area (Å²) in [5.74, 6) is 0.603. The van der Waals surface area contributed by atoms with Gasteiger partial charge in [0, 0.05) is 16.7 Å². The highest BCUT2D eigenvalue weighted by Gasteiger charge is 2.35. The number of ether oxygens (including phenoxy) is 2. The molecule has 3 amide bonds. The predicted octanol–water partition coefficient (Wildman–Crippen LogP) is 2.73. The number of nitro benzene ring substituents is 1. The van der Waals surface area contributed by atoms with Gasteiger partial charge in [-0.1, -0.05) is 17.5 Å². The molecule has 1 aromatic heterocycles. The third-order valence-corrected chi connectivity index (χ3v) is 4.40. The lowest BCUT2D eigenvalue weighted by Crippen LogP contribution is -2.30. The Bertz CT molecular complexity index is 1190. The van der Waals surface area contributed by atoms with E-state index in [1.165, 1.54) is 31.4 Å². The van der Waals surface area contributed by atoms with Crippen LogP contribution < -0.4 is 10.1 Å². The van der Waals surface area contributed by atoms with Crippen LogP contribution in [0.25, 0.3) is 6.08 Å². The van der Waals surface area contributed by atoms with Gasteiger partial charge in [-0.15, -0.1) is 6.42 Å². The van der Waals surface area contributed by atoms with Gasteiger partial charge in [0.05, 0.1) is 18.6 Å². The minimum Gasteiger partial charge on any atom is -0.473 e. The van der Waals surface area contributed by atoms with Gasteiger partial charge < -0.3 is 19.2 Å². The van der Waals surface area contributed by atoms with Crippen LogP contribution in [0.2, 0.25) is 5.02 Å². The lowest BCUT2D eigenvalue weighted by Gasteiger charge is -2.10. The van der Waals surface area contributed by atoms with Crippen molar-refractivity contribution >= 4 is 41.3 Å². The number of nitrogens with zero attached hydrogens (tertiary/aromatic N) is 2. The van der Waals surface area contributed by atoms with Gasteiger partial charge in [-0.3, -0.25) is 19.8 Å². The van der Waals surface area contributed by atoms with Crippen molar-refractivity contribution < 1.29 is 33.2 Å². The van der Waals surface area contributed by atoms with Gasteiger partial charge in [0.15, 0.2) is 0 Å². The van der Waals surface area contributed by atoms with Gasteiger partial charge in [-0.2, -0.15) is 0 Å². The molecule has 32 heavy (non-hydrogen) atoms. The van der Waals surface area contributed by atoms with E-state index in [0.29, 0.717) is 0 Å². The Labute approximate surface area is 185 Å². The number of benzene rings is 1. The Kier molecular flexibility index (Phi) is 6.46. The molecule has 0 aliphatic carbocycles. The summed E-state index contributed by atoms with van der Waals surface area (Å²) in [6.07, 6.45) is 6.35. The third-order valence-electron chi connectivity index (χ3n) is 4.18. The van der Waals surface area contributed by atoms with Gasteiger partial charge in [-0.25, -0.2) is 9.59 Å². The molecule has 0 bridgehead atoms. The van der Waals surface area contributed by atoms with Crippen LogP contribution in [0, 0.1) is 22.5 Å². The first kappa shape index (κ1) is 22.4. The van der Waals surface area contributed by atoms with Crippen LogP contribution in [0.3, 0.4) is 0 Å². The second-order valence-electron chi connectivity index (χ2n) is 6.23.